The van der Waals surface area contributed by atoms with Gasteiger partial charge in [0.1, 0.15) is 5.82 Å². The van der Waals surface area contributed by atoms with E-state index in [0.29, 0.717) is 6.54 Å². The molecule has 1 amide bonds. The van der Waals surface area contributed by atoms with Gasteiger partial charge in [-0.2, -0.15) is 0 Å². The van der Waals surface area contributed by atoms with E-state index in [4.69, 9.17) is 0 Å². The number of halogens is 1. The highest BCUT2D eigenvalue weighted by molar-refractivity contribution is 5.94. The molecule has 0 atom stereocenters. The van der Waals surface area contributed by atoms with Gasteiger partial charge in [-0.25, -0.2) is 4.39 Å². The molecule has 92 valence electrons. The first-order valence-corrected chi connectivity index (χ1v) is 5.60. The molecule has 2 aromatic rings. The van der Waals surface area contributed by atoms with Gasteiger partial charge in [-0.1, -0.05) is 12.1 Å². The molecule has 0 radical (unpaired) electrons. The third kappa shape index (κ3) is 2.71. The number of hydrogen-bond acceptors (Lipinski definition) is 2. The third-order valence-electron chi connectivity index (χ3n) is 2.71. The minimum absolute atomic E-state index is 0.0547. The van der Waals surface area contributed by atoms with Crippen LogP contribution in [-0.4, -0.2) is 10.9 Å². The number of nitrogens with zero attached hydrogens (tertiary/aromatic N) is 1. The van der Waals surface area contributed by atoms with Gasteiger partial charge in [0.15, 0.2) is 0 Å². The molecule has 1 heterocycles. The number of aromatic nitrogens is 1. The molecule has 1 aromatic carbocycles. The number of benzene rings is 1. The largest absolute Gasteiger partial charge is 0.348 e. The molecule has 1 aromatic heterocycles. The lowest BCUT2D eigenvalue weighted by molar-refractivity contribution is 0.0947. The molecular formula is C14H13FN2O. The van der Waals surface area contributed by atoms with Crippen molar-refractivity contribution in [1.29, 1.82) is 0 Å². The van der Waals surface area contributed by atoms with E-state index in [0.717, 1.165) is 11.1 Å². The number of pyridine rings is 1. The molecule has 0 saturated heterocycles. The summed E-state index contributed by atoms with van der Waals surface area (Å²) in [7, 11) is 0. The molecule has 1 N–H and O–H groups in total. The zero-order valence-electron chi connectivity index (χ0n) is 9.98. The number of amides is 1. The monoisotopic (exact) mass is 244 g/mol. The van der Waals surface area contributed by atoms with Crippen LogP contribution in [0, 0.1) is 12.7 Å². The highest BCUT2D eigenvalue weighted by atomic mass is 19.1. The average molecular weight is 244 g/mol. The Morgan fingerprint density at radius 1 is 1.33 bits per heavy atom. The molecule has 0 saturated carbocycles. The van der Waals surface area contributed by atoms with Crippen molar-refractivity contribution in [3.05, 3.63) is 65.2 Å². The van der Waals surface area contributed by atoms with Crippen LogP contribution >= 0.6 is 0 Å². The predicted octanol–water partition coefficient (Wildman–Crippen LogP) is 2.46. The zero-order valence-corrected chi connectivity index (χ0v) is 9.98. The Labute approximate surface area is 105 Å². The number of hydrogen-bond donors (Lipinski definition) is 1. The van der Waals surface area contributed by atoms with Crippen LogP contribution in [0.15, 0.2) is 42.7 Å². The van der Waals surface area contributed by atoms with Gasteiger partial charge in [0, 0.05) is 18.9 Å². The van der Waals surface area contributed by atoms with Crippen molar-refractivity contribution >= 4 is 5.91 Å². The van der Waals surface area contributed by atoms with Crippen molar-refractivity contribution in [1.82, 2.24) is 10.3 Å². The maximum absolute atomic E-state index is 13.4. The lowest BCUT2D eigenvalue weighted by atomic mass is 10.1. The van der Waals surface area contributed by atoms with Gasteiger partial charge in [-0.05, 0) is 36.2 Å². The van der Waals surface area contributed by atoms with Crippen molar-refractivity contribution in [3.8, 4) is 0 Å². The molecule has 0 spiro atoms. The van der Waals surface area contributed by atoms with Gasteiger partial charge >= 0.3 is 0 Å². The van der Waals surface area contributed by atoms with Crippen LogP contribution in [0.25, 0.3) is 0 Å². The van der Waals surface area contributed by atoms with E-state index in [1.54, 1.807) is 24.5 Å². The van der Waals surface area contributed by atoms with E-state index in [1.165, 1.54) is 12.1 Å². The second kappa shape index (κ2) is 5.40. The molecule has 0 aliphatic rings. The predicted molar refractivity (Wildman–Crippen MR) is 66.5 cm³/mol. The maximum atomic E-state index is 13.4. The Morgan fingerprint density at radius 3 is 2.83 bits per heavy atom. The first-order chi connectivity index (χ1) is 8.68. The van der Waals surface area contributed by atoms with E-state index in [1.807, 2.05) is 13.0 Å². The van der Waals surface area contributed by atoms with Crippen molar-refractivity contribution in [3.63, 3.8) is 0 Å². The maximum Gasteiger partial charge on any atom is 0.254 e. The van der Waals surface area contributed by atoms with Crippen molar-refractivity contribution in [2.24, 2.45) is 0 Å². The van der Waals surface area contributed by atoms with Crippen molar-refractivity contribution in [2.45, 2.75) is 13.5 Å². The van der Waals surface area contributed by atoms with Crippen LogP contribution < -0.4 is 5.32 Å². The van der Waals surface area contributed by atoms with Crippen LogP contribution in [0.5, 0.6) is 0 Å². The summed E-state index contributed by atoms with van der Waals surface area (Å²) in [6, 6.07) is 7.78. The van der Waals surface area contributed by atoms with Crippen LogP contribution in [0.1, 0.15) is 21.5 Å². The summed E-state index contributed by atoms with van der Waals surface area (Å²) in [5, 5.41) is 2.68. The smallest absolute Gasteiger partial charge is 0.254 e. The van der Waals surface area contributed by atoms with Gasteiger partial charge in [-0.3, -0.25) is 9.78 Å². The third-order valence-corrected chi connectivity index (χ3v) is 2.71. The molecule has 0 fully saturated rings. The second-order valence-electron chi connectivity index (χ2n) is 3.96. The van der Waals surface area contributed by atoms with Crippen LogP contribution in [-0.2, 0) is 6.54 Å². The van der Waals surface area contributed by atoms with E-state index in [-0.39, 0.29) is 5.56 Å². The fourth-order valence-corrected chi connectivity index (χ4v) is 1.60. The minimum atomic E-state index is -0.516. The van der Waals surface area contributed by atoms with Crippen molar-refractivity contribution in [2.75, 3.05) is 0 Å². The van der Waals surface area contributed by atoms with E-state index in [9.17, 15) is 9.18 Å². The van der Waals surface area contributed by atoms with Gasteiger partial charge < -0.3 is 5.32 Å². The Morgan fingerprint density at radius 2 is 2.11 bits per heavy atom. The Kier molecular flexibility index (Phi) is 3.67. The second-order valence-corrected chi connectivity index (χ2v) is 3.96. The first kappa shape index (κ1) is 12.2. The van der Waals surface area contributed by atoms with Crippen LogP contribution in [0.3, 0.4) is 0 Å². The summed E-state index contributed by atoms with van der Waals surface area (Å²) in [4.78, 5) is 15.8. The molecule has 18 heavy (non-hydrogen) atoms. The summed E-state index contributed by atoms with van der Waals surface area (Å²) in [6.45, 7) is 2.28. The van der Waals surface area contributed by atoms with E-state index >= 15 is 0 Å². The summed E-state index contributed by atoms with van der Waals surface area (Å²) < 4.78 is 13.4. The normalized spacial score (nSPS) is 10.1. The Bertz CT molecular complexity index is 569. The number of aryl methyl sites for hydroxylation is 1. The van der Waals surface area contributed by atoms with Crippen LogP contribution in [0.2, 0.25) is 0 Å². The summed E-state index contributed by atoms with van der Waals surface area (Å²) in [5.41, 5.74) is 2.01. The summed E-state index contributed by atoms with van der Waals surface area (Å²) in [6.07, 6.45) is 3.38. The molecule has 4 heteroatoms. The fraction of sp³-hybridized carbons (Fsp3) is 0.143. The zero-order chi connectivity index (χ0) is 13.0. The first-order valence-electron chi connectivity index (χ1n) is 5.60. The number of rotatable bonds is 3. The number of nitrogens with one attached hydrogen (secondary N) is 1. The fourth-order valence-electron chi connectivity index (χ4n) is 1.60. The molecule has 0 aliphatic heterocycles. The van der Waals surface area contributed by atoms with Gasteiger partial charge in [0.05, 0.1) is 5.56 Å². The lowest BCUT2D eigenvalue weighted by Gasteiger charge is -2.07. The number of carbonyl (C=O) groups is 1. The molecule has 0 unspecified atom stereocenters. The molecular weight excluding hydrogens is 231 g/mol. The lowest BCUT2D eigenvalue weighted by Crippen LogP contribution is -2.24. The van der Waals surface area contributed by atoms with Crippen LogP contribution in [0.4, 0.5) is 4.39 Å². The standard InChI is InChI=1S/C14H13FN2O/c1-10-6-7-16-8-11(10)9-17-14(18)12-4-2-3-5-13(12)15/h2-8H,9H2,1H3,(H,17,18). The summed E-state index contributed by atoms with van der Waals surface area (Å²) >= 11 is 0. The average Bonchev–Trinajstić information content (AvgIpc) is 2.38. The topological polar surface area (TPSA) is 42.0 Å². The number of carbonyl (C=O) groups excluding carboxylic acids is 1. The molecule has 0 aliphatic carbocycles. The summed E-state index contributed by atoms with van der Waals surface area (Å²) in [5.74, 6) is -0.936. The van der Waals surface area contributed by atoms with Crippen molar-refractivity contribution < 1.29 is 9.18 Å². The molecule has 0 bridgehead atoms. The molecule has 2 rings (SSSR count). The van der Waals surface area contributed by atoms with E-state index in [2.05, 4.69) is 10.3 Å². The highest BCUT2D eigenvalue weighted by Gasteiger charge is 2.10. The highest BCUT2D eigenvalue weighted by Crippen LogP contribution is 2.08. The quantitative estimate of drug-likeness (QED) is 0.901. The Balaban J connectivity index is 2.06. The minimum Gasteiger partial charge on any atom is -0.348 e. The Hall–Kier alpha value is -2.23. The van der Waals surface area contributed by atoms with Gasteiger partial charge in [0.25, 0.3) is 5.91 Å². The van der Waals surface area contributed by atoms with Gasteiger partial charge in [0.2, 0.25) is 0 Å². The van der Waals surface area contributed by atoms with Gasteiger partial charge in [-0.15, -0.1) is 0 Å². The SMILES string of the molecule is Cc1ccncc1CNC(=O)c1ccccc1F. The van der Waals surface area contributed by atoms with E-state index < -0.39 is 11.7 Å². The molecule has 3 nitrogen and oxygen atoms in total.